The van der Waals surface area contributed by atoms with Crippen LogP contribution < -0.4 is 5.32 Å². The van der Waals surface area contributed by atoms with E-state index in [1.807, 2.05) is 6.07 Å². The molecule has 4 fully saturated rings. The summed E-state index contributed by atoms with van der Waals surface area (Å²) in [5, 5.41) is 3.79. The number of hydrogen-bond acceptors (Lipinski definition) is 3. The summed E-state index contributed by atoms with van der Waals surface area (Å²) in [5.74, 6) is 2.26. The maximum absolute atomic E-state index is 12.5. The lowest BCUT2D eigenvalue weighted by atomic mass is 9.63. The molecule has 5 rings (SSSR count). The van der Waals surface area contributed by atoms with Gasteiger partial charge in [-0.2, -0.15) is 0 Å². The van der Waals surface area contributed by atoms with Crippen LogP contribution in [0.1, 0.15) is 38.5 Å². The number of carbonyl (C=O) groups is 1. The van der Waals surface area contributed by atoms with Gasteiger partial charge in [-0.3, -0.25) is 4.79 Å². The van der Waals surface area contributed by atoms with Gasteiger partial charge in [-0.1, -0.05) is 18.2 Å². The molecule has 0 spiro atoms. The fraction of sp³-hybridized carbons (Fsp3) is 0.632. The molecule has 22 heavy (non-hydrogen) atoms. The van der Waals surface area contributed by atoms with Gasteiger partial charge in [0.25, 0.3) is 0 Å². The van der Waals surface area contributed by atoms with Crippen LogP contribution in [0.15, 0.2) is 30.3 Å². The number of esters is 1. The first-order valence-electron chi connectivity index (χ1n) is 8.59. The van der Waals surface area contributed by atoms with Gasteiger partial charge in [-0.05, 0) is 68.4 Å². The number of methoxy groups -OCH3 is 1. The summed E-state index contributed by atoms with van der Waals surface area (Å²) in [7, 11) is 1.54. The predicted molar refractivity (Wildman–Crippen MR) is 86.5 cm³/mol. The summed E-state index contributed by atoms with van der Waals surface area (Å²) in [6.45, 7) is 0. The van der Waals surface area contributed by atoms with Crippen molar-refractivity contribution in [2.75, 3.05) is 12.4 Å². The smallest absolute Gasteiger partial charge is 0.311 e. The Morgan fingerprint density at radius 3 is 2.32 bits per heavy atom. The van der Waals surface area contributed by atoms with Crippen LogP contribution in [-0.2, 0) is 9.53 Å². The SMILES string of the molecule is COC(=O)C1CC2C[C@@H]3C[C@H](C2)CC1(Nc1ccccc1)C3. The quantitative estimate of drug-likeness (QED) is 0.861. The zero-order valence-electron chi connectivity index (χ0n) is 13.3. The highest BCUT2D eigenvalue weighted by molar-refractivity contribution is 5.75. The first kappa shape index (κ1) is 14.1. The van der Waals surface area contributed by atoms with Crippen LogP contribution in [0, 0.1) is 23.7 Å². The third-order valence-electron chi connectivity index (χ3n) is 6.19. The predicted octanol–water partition coefficient (Wildman–Crippen LogP) is 3.86. The van der Waals surface area contributed by atoms with E-state index in [1.54, 1.807) is 0 Å². The molecule has 5 atom stereocenters. The van der Waals surface area contributed by atoms with E-state index in [1.165, 1.54) is 26.4 Å². The molecule has 4 aliphatic carbocycles. The molecule has 4 bridgehead atoms. The van der Waals surface area contributed by atoms with Crippen molar-refractivity contribution in [3.63, 3.8) is 0 Å². The average Bonchev–Trinajstić information content (AvgIpc) is 2.68. The van der Waals surface area contributed by atoms with Gasteiger partial charge in [-0.15, -0.1) is 0 Å². The van der Waals surface area contributed by atoms with E-state index < -0.39 is 0 Å². The van der Waals surface area contributed by atoms with E-state index in [0.717, 1.165) is 42.7 Å². The standard InChI is InChI=1S/C19H25NO2/c1-22-18(21)17-10-13-7-14-9-15(8-13)12-19(17,11-14)20-16-5-3-2-4-6-16/h2-6,13-15,17,20H,7-12H2,1H3/t13?,14-,15+,17?,19?. The number of para-hydroxylation sites is 1. The second-order valence-corrected chi connectivity index (χ2v) is 7.67. The van der Waals surface area contributed by atoms with E-state index >= 15 is 0 Å². The highest BCUT2D eigenvalue weighted by Crippen LogP contribution is 2.56. The number of rotatable bonds is 3. The molecular formula is C19H25NO2. The van der Waals surface area contributed by atoms with Crippen LogP contribution in [0.4, 0.5) is 5.69 Å². The molecule has 3 nitrogen and oxygen atoms in total. The summed E-state index contributed by atoms with van der Waals surface area (Å²) in [6.07, 6.45) is 7.22. The molecule has 0 radical (unpaired) electrons. The lowest BCUT2D eigenvalue weighted by Crippen LogP contribution is -2.52. The third kappa shape index (κ3) is 2.31. The molecule has 118 valence electrons. The second-order valence-electron chi connectivity index (χ2n) is 7.67. The van der Waals surface area contributed by atoms with Gasteiger partial charge in [0.05, 0.1) is 18.6 Å². The zero-order valence-corrected chi connectivity index (χ0v) is 13.3. The zero-order chi connectivity index (χ0) is 15.2. The monoisotopic (exact) mass is 299 g/mol. The maximum atomic E-state index is 12.5. The molecule has 1 N–H and O–H groups in total. The van der Waals surface area contributed by atoms with Crippen LogP contribution in [0.2, 0.25) is 0 Å². The molecule has 1 aromatic carbocycles. The summed E-state index contributed by atoms with van der Waals surface area (Å²) in [5.41, 5.74) is 1.03. The first-order valence-corrected chi connectivity index (χ1v) is 8.59. The van der Waals surface area contributed by atoms with Crippen LogP contribution in [0.25, 0.3) is 0 Å². The Hall–Kier alpha value is -1.51. The highest BCUT2D eigenvalue weighted by Gasteiger charge is 2.55. The molecule has 0 heterocycles. The Labute approximate surface area is 132 Å². The summed E-state index contributed by atoms with van der Waals surface area (Å²) < 4.78 is 5.19. The van der Waals surface area contributed by atoms with Crippen molar-refractivity contribution in [1.82, 2.24) is 0 Å². The van der Waals surface area contributed by atoms with Gasteiger partial charge in [-0.25, -0.2) is 0 Å². The molecule has 0 amide bonds. The summed E-state index contributed by atoms with van der Waals surface area (Å²) in [6, 6.07) is 10.4. The van der Waals surface area contributed by atoms with Crippen molar-refractivity contribution in [3.8, 4) is 0 Å². The Morgan fingerprint density at radius 2 is 1.68 bits per heavy atom. The number of fused-ring (bicyclic) bond motifs is 1. The van der Waals surface area contributed by atoms with Gasteiger partial charge in [0, 0.05) is 5.69 Å². The number of hydrogen-bond donors (Lipinski definition) is 1. The van der Waals surface area contributed by atoms with Gasteiger partial charge < -0.3 is 10.1 Å². The lowest BCUT2D eigenvalue weighted by Gasteiger charge is -2.48. The fourth-order valence-corrected chi connectivity index (χ4v) is 5.65. The van der Waals surface area contributed by atoms with Crippen LogP contribution in [0.5, 0.6) is 0 Å². The van der Waals surface area contributed by atoms with Crippen molar-refractivity contribution < 1.29 is 9.53 Å². The highest BCUT2D eigenvalue weighted by atomic mass is 16.5. The van der Waals surface area contributed by atoms with Crippen molar-refractivity contribution in [3.05, 3.63) is 30.3 Å². The minimum absolute atomic E-state index is 0.00185. The van der Waals surface area contributed by atoms with Crippen molar-refractivity contribution in [2.24, 2.45) is 23.7 Å². The molecule has 1 aromatic rings. The molecular weight excluding hydrogens is 274 g/mol. The number of nitrogens with one attached hydrogen (secondary N) is 1. The minimum Gasteiger partial charge on any atom is -0.469 e. The van der Waals surface area contributed by atoms with Gasteiger partial charge in [0.2, 0.25) is 0 Å². The number of anilines is 1. The van der Waals surface area contributed by atoms with E-state index in [0.29, 0.717) is 0 Å². The van der Waals surface area contributed by atoms with Crippen molar-refractivity contribution >= 4 is 11.7 Å². The molecule has 3 heteroatoms. The largest absolute Gasteiger partial charge is 0.469 e. The molecule has 0 saturated heterocycles. The Balaban J connectivity index is 1.72. The number of benzene rings is 1. The number of carbonyl (C=O) groups excluding carboxylic acids is 1. The van der Waals surface area contributed by atoms with Gasteiger partial charge in [0.1, 0.15) is 0 Å². The van der Waals surface area contributed by atoms with Crippen molar-refractivity contribution in [2.45, 2.75) is 44.1 Å². The third-order valence-corrected chi connectivity index (χ3v) is 6.19. The van der Waals surface area contributed by atoms with Gasteiger partial charge in [0.15, 0.2) is 0 Å². The minimum atomic E-state index is -0.104. The lowest BCUT2D eigenvalue weighted by molar-refractivity contribution is -0.148. The normalized spacial score (nSPS) is 39.3. The average molecular weight is 299 g/mol. The Kier molecular flexibility index (Phi) is 3.39. The Morgan fingerprint density at radius 1 is 1.05 bits per heavy atom. The van der Waals surface area contributed by atoms with E-state index in [9.17, 15) is 4.79 Å². The second kappa shape index (κ2) is 5.29. The topological polar surface area (TPSA) is 38.3 Å². The van der Waals surface area contributed by atoms with Crippen LogP contribution in [0.3, 0.4) is 0 Å². The molecule has 3 unspecified atom stereocenters. The van der Waals surface area contributed by atoms with E-state index in [4.69, 9.17) is 4.74 Å². The maximum Gasteiger partial charge on any atom is 0.311 e. The van der Waals surface area contributed by atoms with E-state index in [-0.39, 0.29) is 17.4 Å². The fourth-order valence-electron chi connectivity index (χ4n) is 5.65. The van der Waals surface area contributed by atoms with Crippen LogP contribution in [-0.4, -0.2) is 18.6 Å². The molecule has 0 aliphatic heterocycles. The molecule has 4 saturated carbocycles. The van der Waals surface area contributed by atoms with Crippen molar-refractivity contribution in [1.29, 1.82) is 0 Å². The van der Waals surface area contributed by atoms with E-state index in [2.05, 4.69) is 29.6 Å². The van der Waals surface area contributed by atoms with Gasteiger partial charge >= 0.3 is 5.97 Å². The molecule has 0 aromatic heterocycles. The summed E-state index contributed by atoms with van der Waals surface area (Å²) >= 11 is 0. The summed E-state index contributed by atoms with van der Waals surface area (Å²) in [4.78, 5) is 12.5. The number of ether oxygens (including phenoxy) is 1. The van der Waals surface area contributed by atoms with Crippen LogP contribution >= 0.6 is 0 Å². The first-order chi connectivity index (χ1) is 10.7. The Bertz CT molecular complexity index is 542. The molecule has 4 aliphatic rings.